The molecule has 0 aliphatic carbocycles. The number of hydrogen-bond acceptors (Lipinski definition) is 4. The van der Waals surface area contributed by atoms with E-state index in [9.17, 15) is 36.3 Å². The summed E-state index contributed by atoms with van der Waals surface area (Å²) in [7, 11) is -4.13. The molecule has 10 heteroatoms. The molecule has 0 fully saturated rings. The number of rotatable bonds is 8. The molecule has 0 bridgehead atoms. The van der Waals surface area contributed by atoms with Gasteiger partial charge in [-0.2, -0.15) is 13.2 Å². The summed E-state index contributed by atoms with van der Waals surface area (Å²) in [5.74, 6) is -3.41. The van der Waals surface area contributed by atoms with Crippen molar-refractivity contribution in [3.05, 3.63) is 59.2 Å². The molecular formula is C21H22F3NO5S. The number of aromatic carboxylic acids is 1. The molecule has 6 nitrogen and oxygen atoms in total. The maximum Gasteiger partial charge on any atom is 0.471 e. The highest BCUT2D eigenvalue weighted by Crippen LogP contribution is 2.26. The first kappa shape index (κ1) is 24.4. The summed E-state index contributed by atoms with van der Waals surface area (Å²) in [6.45, 7) is 3.31. The molecule has 0 aliphatic heterocycles. The molecule has 0 heterocycles. The van der Waals surface area contributed by atoms with Crippen molar-refractivity contribution in [2.45, 2.75) is 55.1 Å². The fraction of sp³-hybridized carbons (Fsp3) is 0.333. The van der Waals surface area contributed by atoms with Crippen LogP contribution in [0.2, 0.25) is 0 Å². The molecule has 168 valence electrons. The molecule has 0 aliphatic rings. The van der Waals surface area contributed by atoms with E-state index in [0.29, 0.717) is 17.5 Å². The molecule has 31 heavy (non-hydrogen) atoms. The van der Waals surface area contributed by atoms with Crippen LogP contribution in [-0.2, 0) is 27.5 Å². The first-order valence-corrected chi connectivity index (χ1v) is 10.9. The third-order valence-electron chi connectivity index (χ3n) is 4.51. The normalized spacial score (nSPS) is 12.9. The number of nitrogens with one attached hydrogen (secondary N) is 1. The van der Waals surface area contributed by atoms with E-state index >= 15 is 0 Å². The second-order valence-corrected chi connectivity index (χ2v) is 9.03. The number of sulfone groups is 1. The minimum absolute atomic E-state index is 0.0498. The lowest BCUT2D eigenvalue weighted by molar-refractivity contribution is -0.174. The van der Waals surface area contributed by atoms with Crippen LogP contribution >= 0.6 is 0 Å². The van der Waals surface area contributed by atoms with E-state index < -0.39 is 33.9 Å². The highest BCUT2D eigenvalue weighted by Gasteiger charge is 2.39. The van der Waals surface area contributed by atoms with Crippen molar-refractivity contribution in [3.8, 4) is 0 Å². The van der Waals surface area contributed by atoms with Crippen LogP contribution in [0.5, 0.6) is 0 Å². The van der Waals surface area contributed by atoms with Crippen LogP contribution in [0.4, 0.5) is 13.2 Å². The monoisotopic (exact) mass is 457 g/mol. The minimum Gasteiger partial charge on any atom is -0.478 e. The molecule has 0 saturated carbocycles. The largest absolute Gasteiger partial charge is 0.478 e. The van der Waals surface area contributed by atoms with Crippen LogP contribution < -0.4 is 5.32 Å². The van der Waals surface area contributed by atoms with Crippen molar-refractivity contribution < 1.29 is 36.3 Å². The Kier molecular flexibility index (Phi) is 7.48. The summed E-state index contributed by atoms with van der Waals surface area (Å²) in [5.41, 5.74) is 0.897. The van der Waals surface area contributed by atoms with Gasteiger partial charge in [-0.15, -0.1) is 0 Å². The molecule has 1 atom stereocenters. The van der Waals surface area contributed by atoms with E-state index in [1.165, 1.54) is 43.3 Å². The third kappa shape index (κ3) is 6.06. The summed E-state index contributed by atoms with van der Waals surface area (Å²) in [6, 6.07) is 8.70. The van der Waals surface area contributed by atoms with Crippen molar-refractivity contribution in [2.24, 2.45) is 0 Å². The van der Waals surface area contributed by atoms with E-state index in [1.807, 2.05) is 12.2 Å². The second kappa shape index (κ2) is 9.51. The Hall–Kier alpha value is -2.88. The van der Waals surface area contributed by atoms with Gasteiger partial charge in [-0.1, -0.05) is 31.5 Å². The van der Waals surface area contributed by atoms with Crippen LogP contribution in [0.15, 0.2) is 52.3 Å². The van der Waals surface area contributed by atoms with Crippen LogP contribution in [0.1, 0.15) is 41.8 Å². The number of carboxylic acid groups (broad SMARTS) is 1. The van der Waals surface area contributed by atoms with Crippen LogP contribution in [-0.4, -0.2) is 37.6 Å². The molecule has 0 radical (unpaired) electrons. The number of carbonyl (C=O) groups excluding carboxylic acids is 1. The Bertz CT molecular complexity index is 1060. The van der Waals surface area contributed by atoms with Crippen molar-refractivity contribution >= 4 is 21.7 Å². The smallest absolute Gasteiger partial charge is 0.471 e. The zero-order chi connectivity index (χ0) is 23.4. The predicted octanol–water partition coefficient (Wildman–Crippen LogP) is 3.78. The molecule has 0 aromatic heterocycles. The van der Waals surface area contributed by atoms with Gasteiger partial charge < -0.3 is 10.4 Å². The number of carbonyl (C=O) groups is 2. The molecule has 0 spiro atoms. The topological polar surface area (TPSA) is 101 Å². The lowest BCUT2D eigenvalue weighted by Gasteiger charge is -2.15. The average Bonchev–Trinajstić information content (AvgIpc) is 2.67. The van der Waals surface area contributed by atoms with Gasteiger partial charge in [0.2, 0.25) is 9.84 Å². The number of aryl methyl sites for hydroxylation is 1. The van der Waals surface area contributed by atoms with Crippen molar-refractivity contribution in [1.82, 2.24) is 5.32 Å². The minimum atomic E-state index is -4.99. The highest BCUT2D eigenvalue weighted by molar-refractivity contribution is 7.91. The molecule has 1 amide bonds. The number of halogens is 3. The predicted molar refractivity (Wildman–Crippen MR) is 107 cm³/mol. The quantitative estimate of drug-likeness (QED) is 0.628. The molecule has 0 unspecified atom stereocenters. The maximum atomic E-state index is 13.0. The zero-order valence-electron chi connectivity index (χ0n) is 16.9. The van der Waals surface area contributed by atoms with E-state index in [4.69, 9.17) is 0 Å². The van der Waals surface area contributed by atoms with Gasteiger partial charge in [0.1, 0.15) is 0 Å². The Morgan fingerprint density at radius 3 is 2.16 bits per heavy atom. The molecule has 2 aromatic rings. The zero-order valence-corrected chi connectivity index (χ0v) is 17.7. The maximum absolute atomic E-state index is 13.0. The summed E-state index contributed by atoms with van der Waals surface area (Å²) in [6.07, 6.45) is -3.55. The Morgan fingerprint density at radius 1 is 1.06 bits per heavy atom. The Labute approximate surface area is 178 Å². The second-order valence-electron chi connectivity index (χ2n) is 7.11. The number of amides is 1. The fourth-order valence-corrected chi connectivity index (χ4v) is 4.50. The van der Waals surface area contributed by atoms with Crippen molar-refractivity contribution in [2.75, 3.05) is 0 Å². The number of carboxylic acids is 1. The van der Waals surface area contributed by atoms with Gasteiger partial charge in [0, 0.05) is 6.04 Å². The molecule has 0 saturated heterocycles. The lowest BCUT2D eigenvalue weighted by atomic mass is 10.1. The van der Waals surface area contributed by atoms with Gasteiger partial charge in [-0.3, -0.25) is 4.79 Å². The van der Waals surface area contributed by atoms with Gasteiger partial charge in [-0.05, 0) is 55.2 Å². The molecule has 2 aromatic carbocycles. The summed E-state index contributed by atoms with van der Waals surface area (Å²) in [5, 5.41) is 11.3. The van der Waals surface area contributed by atoms with Crippen LogP contribution in [0, 0.1) is 0 Å². The van der Waals surface area contributed by atoms with Crippen molar-refractivity contribution in [1.29, 1.82) is 0 Å². The van der Waals surface area contributed by atoms with Gasteiger partial charge >= 0.3 is 18.1 Å². The Morgan fingerprint density at radius 2 is 1.65 bits per heavy atom. The highest BCUT2D eigenvalue weighted by atomic mass is 32.2. The summed E-state index contributed by atoms with van der Waals surface area (Å²) < 4.78 is 62.9. The SMILES string of the molecule is CCCc1ccc(S(=O)(=O)c2ccc(C[C@@H](C)NC(=O)C(F)(F)F)cc2)c(C(=O)O)c1. The number of benzene rings is 2. The first-order valence-electron chi connectivity index (χ1n) is 9.44. The molecule has 2 rings (SSSR count). The van der Waals surface area contributed by atoms with E-state index in [-0.39, 0.29) is 21.8 Å². The van der Waals surface area contributed by atoms with Gasteiger partial charge in [0.25, 0.3) is 0 Å². The van der Waals surface area contributed by atoms with Gasteiger partial charge in [-0.25, -0.2) is 13.2 Å². The number of alkyl halides is 3. The first-order chi connectivity index (χ1) is 14.4. The fourth-order valence-electron chi connectivity index (χ4n) is 3.06. The van der Waals surface area contributed by atoms with Crippen molar-refractivity contribution in [3.63, 3.8) is 0 Å². The average molecular weight is 457 g/mol. The van der Waals surface area contributed by atoms with Crippen LogP contribution in [0.3, 0.4) is 0 Å². The summed E-state index contributed by atoms with van der Waals surface area (Å²) in [4.78, 5) is 22.1. The van der Waals surface area contributed by atoms with E-state index in [0.717, 1.165) is 6.42 Å². The lowest BCUT2D eigenvalue weighted by Crippen LogP contribution is -2.42. The van der Waals surface area contributed by atoms with E-state index in [2.05, 4.69) is 0 Å². The third-order valence-corrected chi connectivity index (χ3v) is 6.34. The Balaban J connectivity index is 2.26. The van der Waals surface area contributed by atoms with Gasteiger partial charge in [0.05, 0.1) is 15.4 Å². The van der Waals surface area contributed by atoms with Gasteiger partial charge in [0.15, 0.2) is 0 Å². The summed E-state index contributed by atoms with van der Waals surface area (Å²) >= 11 is 0. The molecular weight excluding hydrogens is 435 g/mol. The van der Waals surface area contributed by atoms with Crippen LogP contribution in [0.25, 0.3) is 0 Å². The molecule has 2 N–H and O–H groups in total. The number of hydrogen-bond donors (Lipinski definition) is 2. The van der Waals surface area contributed by atoms with E-state index in [1.54, 1.807) is 6.07 Å². The standard InChI is InChI=1S/C21H22F3NO5S/c1-3-4-14-7-10-18(17(12-14)19(26)27)31(29,30)16-8-5-15(6-9-16)11-13(2)25-20(28)21(22,23)24/h5-10,12-13H,3-4,11H2,1-2H3,(H,25,28)(H,26,27)/t13-/m1/s1.